The predicted octanol–water partition coefficient (Wildman–Crippen LogP) is 1.75. The second-order valence-electron chi connectivity index (χ2n) is 3.06. The molecule has 0 aromatic heterocycles. The largest absolute Gasteiger partial charge is 0.534 e. The number of carbonyl (C=O) groups is 1. The van der Waals surface area contributed by atoms with Crippen LogP contribution in [0.4, 0.5) is 0 Å². The molecule has 0 saturated heterocycles. The first-order valence-corrected chi connectivity index (χ1v) is 6.88. The summed E-state index contributed by atoms with van der Waals surface area (Å²) in [6.07, 6.45) is 0. The van der Waals surface area contributed by atoms with Crippen LogP contribution in [-0.4, -0.2) is 19.2 Å². The Morgan fingerprint density at radius 2 is 1.80 bits per heavy atom. The van der Waals surface area contributed by atoms with E-state index >= 15 is 0 Å². The third-order valence-electron chi connectivity index (χ3n) is 0.686. The minimum Gasteiger partial charge on any atom is -0.534 e. The van der Waals surface area contributed by atoms with Gasteiger partial charge in [0.15, 0.2) is 0 Å². The van der Waals surface area contributed by atoms with Gasteiger partial charge >= 0.3 is 0 Å². The van der Waals surface area contributed by atoms with Gasteiger partial charge in [0.1, 0.15) is 0 Å². The van der Waals surface area contributed by atoms with Crippen molar-refractivity contribution >= 4 is 31.4 Å². The maximum atomic E-state index is 10.6. The topological polar surface area (TPSA) is 26.3 Å². The molecule has 0 atom stereocenters. The quantitative estimate of drug-likeness (QED) is 0.473. The zero-order chi connectivity index (χ0) is 8.36. The molecular formula is C6H12O2SSi. The molecule has 0 spiro atoms. The van der Waals surface area contributed by atoms with Crippen molar-refractivity contribution in [2.45, 2.75) is 26.6 Å². The molecule has 0 aromatic carbocycles. The average Bonchev–Trinajstić information content (AvgIpc) is 1.60. The van der Waals surface area contributed by atoms with Crippen LogP contribution >= 0.6 is 12.2 Å². The molecule has 0 unspecified atom stereocenters. The van der Waals surface area contributed by atoms with Crippen LogP contribution in [0.1, 0.15) is 6.92 Å². The Balaban J connectivity index is 3.93. The second-order valence-corrected chi connectivity index (χ2v) is 7.86. The van der Waals surface area contributed by atoms with E-state index in [0.717, 1.165) is 0 Å². The minimum absolute atomic E-state index is 0.124. The van der Waals surface area contributed by atoms with Crippen LogP contribution in [-0.2, 0) is 9.22 Å². The molecular weight excluding hydrogens is 164 g/mol. The van der Waals surface area contributed by atoms with E-state index in [2.05, 4.69) is 12.2 Å². The smallest absolute Gasteiger partial charge is 0.243 e. The summed E-state index contributed by atoms with van der Waals surface area (Å²) in [7, 11) is -1.65. The van der Waals surface area contributed by atoms with Crippen LogP contribution in [0.5, 0.6) is 0 Å². The molecule has 0 fully saturated rings. The fraction of sp³-hybridized carbons (Fsp3) is 0.667. The molecule has 0 aliphatic carbocycles. The van der Waals surface area contributed by atoms with E-state index in [1.54, 1.807) is 0 Å². The molecule has 0 bridgehead atoms. The van der Waals surface area contributed by atoms with Crippen molar-refractivity contribution < 1.29 is 9.22 Å². The highest BCUT2D eigenvalue weighted by molar-refractivity contribution is 7.81. The van der Waals surface area contributed by atoms with Gasteiger partial charge in [0.25, 0.3) is 0 Å². The summed E-state index contributed by atoms with van der Waals surface area (Å²) in [5, 5.41) is 0.124. The third kappa shape index (κ3) is 4.64. The minimum atomic E-state index is -1.65. The van der Waals surface area contributed by atoms with Crippen LogP contribution in [0.15, 0.2) is 0 Å². The van der Waals surface area contributed by atoms with Crippen molar-refractivity contribution in [3.05, 3.63) is 0 Å². The van der Waals surface area contributed by atoms with Gasteiger partial charge in [-0.2, -0.15) is 0 Å². The first kappa shape index (κ1) is 9.78. The van der Waals surface area contributed by atoms with Gasteiger partial charge in [-0.1, -0.05) is 0 Å². The number of carbonyl (C=O) groups excluding carboxylic acids is 1. The van der Waals surface area contributed by atoms with Gasteiger partial charge in [-0.25, -0.2) is 0 Å². The zero-order valence-corrected chi connectivity index (χ0v) is 8.54. The van der Waals surface area contributed by atoms with Gasteiger partial charge in [-0.15, -0.1) is 0 Å². The Labute approximate surface area is 67.7 Å². The van der Waals surface area contributed by atoms with Crippen molar-refractivity contribution in [2.24, 2.45) is 0 Å². The van der Waals surface area contributed by atoms with Crippen molar-refractivity contribution in [1.29, 1.82) is 0 Å². The molecule has 0 aliphatic rings. The van der Waals surface area contributed by atoms with E-state index in [-0.39, 0.29) is 10.8 Å². The Hall–Kier alpha value is -0.223. The first-order chi connectivity index (χ1) is 4.33. The molecule has 0 saturated carbocycles. The lowest BCUT2D eigenvalue weighted by Gasteiger charge is -2.17. The fourth-order valence-corrected chi connectivity index (χ4v) is 1.80. The van der Waals surface area contributed by atoms with E-state index in [0.29, 0.717) is 0 Å². The molecule has 2 nitrogen and oxygen atoms in total. The predicted molar refractivity (Wildman–Crippen MR) is 47.7 cm³/mol. The van der Waals surface area contributed by atoms with Gasteiger partial charge < -0.3 is 4.43 Å². The number of ketones is 1. The number of rotatable bonds is 2. The highest BCUT2D eigenvalue weighted by Gasteiger charge is 2.19. The summed E-state index contributed by atoms with van der Waals surface area (Å²) in [5.41, 5.74) is 0. The van der Waals surface area contributed by atoms with Gasteiger partial charge in [-0.05, 0) is 31.9 Å². The standard InChI is InChI=1S/C6H12O2SSi/c1-5(7)6(9)8-10(2,3)4/h1-4H3. The molecule has 4 heteroatoms. The molecule has 0 N–H and O–H groups in total. The Bertz CT molecular complexity index is 160. The summed E-state index contributed by atoms with van der Waals surface area (Å²) in [6.45, 7) is 7.38. The molecule has 0 amide bonds. The summed E-state index contributed by atoms with van der Waals surface area (Å²) in [6, 6.07) is 0. The van der Waals surface area contributed by atoms with E-state index in [9.17, 15) is 4.79 Å². The lowest BCUT2D eigenvalue weighted by Crippen LogP contribution is -2.31. The second kappa shape index (κ2) is 3.25. The first-order valence-electron chi connectivity index (χ1n) is 3.07. The zero-order valence-electron chi connectivity index (χ0n) is 6.72. The van der Waals surface area contributed by atoms with Crippen molar-refractivity contribution in [3.8, 4) is 0 Å². The Morgan fingerprint density at radius 1 is 1.40 bits per heavy atom. The Morgan fingerprint density at radius 3 is 1.90 bits per heavy atom. The van der Waals surface area contributed by atoms with E-state index in [1.165, 1.54) is 6.92 Å². The number of hydrogen-bond donors (Lipinski definition) is 0. The van der Waals surface area contributed by atoms with Crippen LogP contribution < -0.4 is 0 Å². The highest BCUT2D eigenvalue weighted by Crippen LogP contribution is 2.03. The highest BCUT2D eigenvalue weighted by atomic mass is 32.1. The monoisotopic (exact) mass is 176 g/mol. The normalized spacial score (nSPS) is 10.8. The lowest BCUT2D eigenvalue weighted by atomic mass is 10.5. The summed E-state index contributed by atoms with van der Waals surface area (Å²) in [5.74, 6) is -0.155. The molecule has 0 rings (SSSR count). The maximum Gasteiger partial charge on any atom is 0.243 e. The molecule has 0 aromatic rings. The Kier molecular flexibility index (Phi) is 3.18. The van der Waals surface area contributed by atoms with Crippen LogP contribution in [0, 0.1) is 0 Å². The molecule has 0 radical (unpaired) electrons. The van der Waals surface area contributed by atoms with Crippen molar-refractivity contribution in [3.63, 3.8) is 0 Å². The van der Waals surface area contributed by atoms with E-state index in [4.69, 9.17) is 4.43 Å². The summed E-state index contributed by atoms with van der Waals surface area (Å²) in [4.78, 5) is 10.6. The SMILES string of the molecule is CC(=O)C(=S)O[Si](C)(C)C. The van der Waals surface area contributed by atoms with Crippen LogP contribution in [0.2, 0.25) is 19.6 Å². The molecule has 58 valence electrons. The fourth-order valence-electron chi connectivity index (χ4n) is 0.350. The third-order valence-corrected chi connectivity index (χ3v) is 2.02. The van der Waals surface area contributed by atoms with Gasteiger partial charge in [0, 0.05) is 6.92 Å². The van der Waals surface area contributed by atoms with E-state index in [1.807, 2.05) is 19.6 Å². The number of thiocarbonyl (C=S) groups is 1. The van der Waals surface area contributed by atoms with Crippen LogP contribution in [0.3, 0.4) is 0 Å². The summed E-state index contributed by atoms with van der Waals surface area (Å²) < 4.78 is 5.22. The van der Waals surface area contributed by atoms with Gasteiger partial charge in [0.2, 0.25) is 19.2 Å². The van der Waals surface area contributed by atoms with Gasteiger partial charge in [-0.3, -0.25) is 4.79 Å². The summed E-state index contributed by atoms with van der Waals surface area (Å²) >= 11 is 4.69. The number of hydrogen-bond acceptors (Lipinski definition) is 3. The van der Waals surface area contributed by atoms with Crippen LogP contribution in [0.25, 0.3) is 0 Å². The number of Topliss-reactive ketones (excluding diaryl/α,β-unsaturated/α-hetero) is 1. The molecule has 0 aliphatic heterocycles. The van der Waals surface area contributed by atoms with Crippen molar-refractivity contribution in [2.75, 3.05) is 0 Å². The van der Waals surface area contributed by atoms with Crippen molar-refractivity contribution in [1.82, 2.24) is 0 Å². The van der Waals surface area contributed by atoms with E-state index < -0.39 is 8.32 Å². The molecule has 0 heterocycles. The van der Waals surface area contributed by atoms with Gasteiger partial charge in [0.05, 0.1) is 0 Å². The molecule has 10 heavy (non-hydrogen) atoms. The maximum absolute atomic E-state index is 10.6. The lowest BCUT2D eigenvalue weighted by molar-refractivity contribution is -0.111. The average molecular weight is 176 g/mol.